The normalized spacial score (nSPS) is 27.7. The zero-order valence-corrected chi connectivity index (χ0v) is 12.4. The number of ether oxygens (including phenoxy) is 1. The van der Waals surface area contributed by atoms with Crippen LogP contribution in [0.3, 0.4) is 0 Å². The van der Waals surface area contributed by atoms with Gasteiger partial charge in [-0.3, -0.25) is 0 Å². The molecule has 1 fully saturated rings. The Morgan fingerprint density at radius 2 is 2.00 bits per heavy atom. The Morgan fingerprint density at radius 3 is 2.58 bits per heavy atom. The zero-order valence-electron chi connectivity index (χ0n) is 12.4. The maximum atomic E-state index is 10.7. The van der Waals surface area contributed by atoms with E-state index in [-0.39, 0.29) is 6.10 Å². The van der Waals surface area contributed by atoms with Crippen molar-refractivity contribution in [1.29, 1.82) is 0 Å². The minimum atomic E-state index is -0.585. The van der Waals surface area contributed by atoms with Crippen molar-refractivity contribution in [2.24, 2.45) is 0 Å². The standard InChI is InChI=1S/C17H26O2/c1-4-16-12-17(18,9-10-19-16)11-14-5-7-15(8-6-14)13(2)3/h5-8,13,16,18H,4,9-12H2,1-3H3. The summed E-state index contributed by atoms with van der Waals surface area (Å²) in [7, 11) is 0. The van der Waals surface area contributed by atoms with Gasteiger partial charge < -0.3 is 9.84 Å². The average molecular weight is 262 g/mol. The molecule has 1 aromatic carbocycles. The van der Waals surface area contributed by atoms with Crippen molar-refractivity contribution in [3.8, 4) is 0 Å². The number of aliphatic hydroxyl groups is 1. The van der Waals surface area contributed by atoms with E-state index in [0.717, 1.165) is 25.7 Å². The van der Waals surface area contributed by atoms with E-state index in [9.17, 15) is 5.11 Å². The third-order valence-corrected chi connectivity index (χ3v) is 4.16. The first kappa shape index (κ1) is 14.5. The third-order valence-electron chi connectivity index (χ3n) is 4.16. The summed E-state index contributed by atoms with van der Waals surface area (Å²) in [6, 6.07) is 8.67. The molecule has 1 aliphatic heterocycles. The number of hydrogen-bond acceptors (Lipinski definition) is 2. The molecule has 2 heteroatoms. The summed E-state index contributed by atoms with van der Waals surface area (Å²) in [5.74, 6) is 0.560. The summed E-state index contributed by atoms with van der Waals surface area (Å²) in [5, 5.41) is 10.7. The predicted octanol–water partition coefficient (Wildman–Crippen LogP) is 3.67. The summed E-state index contributed by atoms with van der Waals surface area (Å²) in [4.78, 5) is 0. The topological polar surface area (TPSA) is 29.5 Å². The monoisotopic (exact) mass is 262 g/mol. The smallest absolute Gasteiger partial charge is 0.0734 e. The van der Waals surface area contributed by atoms with E-state index in [0.29, 0.717) is 12.5 Å². The molecule has 2 nitrogen and oxygen atoms in total. The molecule has 1 N–H and O–H groups in total. The van der Waals surface area contributed by atoms with Gasteiger partial charge in [-0.15, -0.1) is 0 Å². The maximum absolute atomic E-state index is 10.7. The summed E-state index contributed by atoms with van der Waals surface area (Å²) in [6.07, 6.45) is 3.44. The SMILES string of the molecule is CCC1CC(O)(Cc2ccc(C(C)C)cc2)CCO1. The van der Waals surface area contributed by atoms with Crippen LogP contribution in [0.2, 0.25) is 0 Å². The summed E-state index contributed by atoms with van der Waals surface area (Å²) < 4.78 is 5.65. The first-order chi connectivity index (χ1) is 9.02. The molecular weight excluding hydrogens is 236 g/mol. The minimum absolute atomic E-state index is 0.216. The molecule has 0 amide bonds. The molecule has 1 aliphatic rings. The van der Waals surface area contributed by atoms with Crippen molar-refractivity contribution < 1.29 is 9.84 Å². The van der Waals surface area contributed by atoms with Crippen molar-refractivity contribution in [3.63, 3.8) is 0 Å². The Hall–Kier alpha value is -0.860. The molecule has 1 saturated heterocycles. The molecule has 1 heterocycles. The van der Waals surface area contributed by atoms with Gasteiger partial charge in [0, 0.05) is 19.4 Å². The fraction of sp³-hybridized carbons (Fsp3) is 0.647. The molecule has 0 aliphatic carbocycles. The van der Waals surface area contributed by atoms with E-state index in [2.05, 4.69) is 45.0 Å². The van der Waals surface area contributed by atoms with Gasteiger partial charge in [-0.2, -0.15) is 0 Å². The lowest BCUT2D eigenvalue weighted by atomic mass is 9.83. The zero-order chi connectivity index (χ0) is 13.9. The average Bonchev–Trinajstić information content (AvgIpc) is 2.38. The second-order valence-corrected chi connectivity index (χ2v) is 6.15. The van der Waals surface area contributed by atoms with E-state index in [1.165, 1.54) is 11.1 Å². The summed E-state index contributed by atoms with van der Waals surface area (Å²) in [6.45, 7) is 7.20. The Kier molecular flexibility index (Phi) is 4.64. The molecule has 0 saturated carbocycles. The van der Waals surface area contributed by atoms with Crippen molar-refractivity contribution in [1.82, 2.24) is 0 Å². The molecule has 2 atom stereocenters. The van der Waals surface area contributed by atoms with Crippen molar-refractivity contribution in [3.05, 3.63) is 35.4 Å². The van der Waals surface area contributed by atoms with Crippen LogP contribution in [-0.2, 0) is 11.2 Å². The molecule has 0 radical (unpaired) electrons. The summed E-state index contributed by atoms with van der Waals surface area (Å²) >= 11 is 0. The quantitative estimate of drug-likeness (QED) is 0.897. The van der Waals surface area contributed by atoms with Gasteiger partial charge in [0.05, 0.1) is 11.7 Å². The van der Waals surface area contributed by atoms with Gasteiger partial charge in [0.25, 0.3) is 0 Å². The van der Waals surface area contributed by atoms with Crippen LogP contribution < -0.4 is 0 Å². The van der Waals surface area contributed by atoms with E-state index in [1.807, 2.05) is 0 Å². The number of rotatable bonds is 4. The molecule has 0 spiro atoms. The first-order valence-electron chi connectivity index (χ1n) is 7.45. The molecular formula is C17H26O2. The van der Waals surface area contributed by atoms with Gasteiger partial charge in [-0.1, -0.05) is 45.0 Å². The highest BCUT2D eigenvalue weighted by atomic mass is 16.5. The van der Waals surface area contributed by atoms with Crippen LogP contribution >= 0.6 is 0 Å². The molecule has 0 aromatic heterocycles. The first-order valence-corrected chi connectivity index (χ1v) is 7.45. The third kappa shape index (κ3) is 3.80. The van der Waals surface area contributed by atoms with E-state index in [4.69, 9.17) is 4.74 Å². The molecule has 2 rings (SSSR count). The maximum Gasteiger partial charge on any atom is 0.0734 e. The highest BCUT2D eigenvalue weighted by Crippen LogP contribution is 2.30. The van der Waals surface area contributed by atoms with Crippen LogP contribution in [0.5, 0.6) is 0 Å². The Morgan fingerprint density at radius 1 is 1.32 bits per heavy atom. The van der Waals surface area contributed by atoms with Gasteiger partial charge in [-0.05, 0) is 29.9 Å². The summed E-state index contributed by atoms with van der Waals surface area (Å²) in [5.41, 5.74) is 2.00. The largest absolute Gasteiger partial charge is 0.389 e. The van der Waals surface area contributed by atoms with Crippen LogP contribution in [0.15, 0.2) is 24.3 Å². The molecule has 1 aromatic rings. The van der Waals surface area contributed by atoms with E-state index in [1.54, 1.807) is 0 Å². The number of benzene rings is 1. The van der Waals surface area contributed by atoms with Gasteiger partial charge in [0.2, 0.25) is 0 Å². The number of hydrogen-bond donors (Lipinski definition) is 1. The van der Waals surface area contributed by atoms with Crippen molar-refractivity contribution in [2.45, 2.75) is 64.1 Å². The van der Waals surface area contributed by atoms with Crippen LogP contribution in [0.4, 0.5) is 0 Å². The van der Waals surface area contributed by atoms with Crippen molar-refractivity contribution in [2.75, 3.05) is 6.61 Å². The molecule has 2 unspecified atom stereocenters. The van der Waals surface area contributed by atoms with E-state index < -0.39 is 5.60 Å². The fourth-order valence-corrected chi connectivity index (χ4v) is 2.82. The lowest BCUT2D eigenvalue weighted by Crippen LogP contribution is -2.42. The highest BCUT2D eigenvalue weighted by Gasteiger charge is 2.34. The van der Waals surface area contributed by atoms with Crippen LogP contribution in [0, 0.1) is 0 Å². The lowest BCUT2D eigenvalue weighted by Gasteiger charge is -2.36. The molecule has 19 heavy (non-hydrogen) atoms. The van der Waals surface area contributed by atoms with Crippen LogP contribution in [0.1, 0.15) is 57.1 Å². The van der Waals surface area contributed by atoms with Crippen molar-refractivity contribution >= 4 is 0 Å². The van der Waals surface area contributed by atoms with Gasteiger partial charge in [0.1, 0.15) is 0 Å². The molecule has 106 valence electrons. The van der Waals surface area contributed by atoms with Gasteiger partial charge in [-0.25, -0.2) is 0 Å². The Labute approximate surface area is 116 Å². The van der Waals surface area contributed by atoms with Gasteiger partial charge >= 0.3 is 0 Å². The van der Waals surface area contributed by atoms with Crippen LogP contribution in [-0.4, -0.2) is 23.4 Å². The predicted molar refractivity (Wildman–Crippen MR) is 78.4 cm³/mol. The highest BCUT2D eigenvalue weighted by molar-refractivity contribution is 5.26. The van der Waals surface area contributed by atoms with Gasteiger partial charge in [0.15, 0.2) is 0 Å². The van der Waals surface area contributed by atoms with Crippen LogP contribution in [0.25, 0.3) is 0 Å². The fourth-order valence-electron chi connectivity index (χ4n) is 2.82. The molecule has 0 bridgehead atoms. The Bertz CT molecular complexity index is 396. The minimum Gasteiger partial charge on any atom is -0.389 e. The lowest BCUT2D eigenvalue weighted by molar-refractivity contribution is -0.103. The second-order valence-electron chi connectivity index (χ2n) is 6.15. The second kappa shape index (κ2) is 6.06. The Balaban J connectivity index is 2.03. The van der Waals surface area contributed by atoms with E-state index >= 15 is 0 Å².